The van der Waals surface area contributed by atoms with Gasteiger partial charge in [0.1, 0.15) is 16.5 Å². The fourth-order valence-corrected chi connectivity index (χ4v) is 4.87. The highest BCUT2D eigenvalue weighted by molar-refractivity contribution is 8.15. The molecular weight excluding hydrogens is 450 g/mol. The van der Waals surface area contributed by atoms with Crippen molar-refractivity contribution in [2.75, 3.05) is 13.2 Å². The van der Waals surface area contributed by atoms with Gasteiger partial charge in [-0.25, -0.2) is 4.98 Å². The molecule has 1 aliphatic heterocycles. The Morgan fingerprint density at radius 2 is 2.03 bits per heavy atom. The van der Waals surface area contributed by atoms with Crippen LogP contribution in [0.25, 0.3) is 10.9 Å². The van der Waals surface area contributed by atoms with Crippen molar-refractivity contribution in [2.24, 2.45) is 4.99 Å². The first-order valence-corrected chi connectivity index (χ1v) is 12.7. The molecule has 0 amide bonds. The van der Waals surface area contributed by atoms with E-state index >= 15 is 0 Å². The van der Waals surface area contributed by atoms with Crippen LogP contribution in [0.2, 0.25) is 0 Å². The van der Waals surface area contributed by atoms with Gasteiger partial charge in [0.15, 0.2) is 0 Å². The Balaban J connectivity index is 1.61. The zero-order chi connectivity index (χ0) is 24.1. The Morgan fingerprint density at radius 3 is 2.74 bits per heavy atom. The number of benzene rings is 1. The van der Waals surface area contributed by atoms with Crippen LogP contribution in [0.5, 0.6) is 17.4 Å². The minimum Gasteiger partial charge on any atom is -0.488 e. The number of aliphatic imine (C=N–C) groups is 1. The molecule has 0 aliphatic carbocycles. The van der Waals surface area contributed by atoms with Crippen LogP contribution < -0.4 is 9.47 Å². The fraction of sp³-hybridized carbons (Fsp3) is 0.423. The molecule has 0 saturated carbocycles. The van der Waals surface area contributed by atoms with Crippen molar-refractivity contribution in [1.29, 1.82) is 0 Å². The number of H-pyrrole nitrogens is 1. The number of fused-ring (bicyclic) bond motifs is 1. The average Bonchev–Trinajstić information content (AvgIpc) is 3.46. The summed E-state index contributed by atoms with van der Waals surface area (Å²) in [4.78, 5) is 24.4. The Kier molecular flexibility index (Phi) is 7.77. The largest absolute Gasteiger partial charge is 0.488 e. The van der Waals surface area contributed by atoms with Gasteiger partial charge in [-0.2, -0.15) is 0 Å². The van der Waals surface area contributed by atoms with Crippen molar-refractivity contribution < 1.29 is 19.0 Å². The van der Waals surface area contributed by atoms with Crippen molar-refractivity contribution in [2.45, 2.75) is 58.3 Å². The molecule has 0 fully saturated rings. The fourth-order valence-electron chi connectivity index (χ4n) is 3.80. The molecule has 0 bridgehead atoms. The van der Waals surface area contributed by atoms with Crippen LogP contribution >= 0.6 is 11.8 Å². The Labute approximate surface area is 204 Å². The number of carbonyl (C=O) groups is 1. The van der Waals surface area contributed by atoms with Gasteiger partial charge in [-0.15, -0.1) is 0 Å². The lowest BCUT2D eigenvalue weighted by Gasteiger charge is -2.17. The van der Waals surface area contributed by atoms with E-state index < -0.39 is 0 Å². The van der Waals surface area contributed by atoms with Crippen LogP contribution in [0.1, 0.15) is 51.3 Å². The maximum absolute atomic E-state index is 11.9. The second-order valence-corrected chi connectivity index (χ2v) is 9.58. The molecule has 7 nitrogen and oxygen atoms in total. The second kappa shape index (κ2) is 11.0. The number of ether oxygens (including phenoxy) is 3. The topological polar surface area (TPSA) is 85.8 Å². The van der Waals surface area contributed by atoms with Gasteiger partial charge < -0.3 is 19.2 Å². The SMILES string of the molecule is CCOC(=O)CC1CN=C(c2cc3cc(Oc4ccc(C)cn4)cc(OC(CC)CC)c3[nH]2)S1. The van der Waals surface area contributed by atoms with E-state index in [9.17, 15) is 4.79 Å². The second-order valence-electron chi connectivity index (χ2n) is 8.30. The zero-order valence-corrected chi connectivity index (χ0v) is 20.9. The summed E-state index contributed by atoms with van der Waals surface area (Å²) >= 11 is 1.61. The van der Waals surface area contributed by atoms with E-state index in [0.717, 1.165) is 45.8 Å². The Morgan fingerprint density at radius 1 is 1.21 bits per heavy atom. The van der Waals surface area contributed by atoms with E-state index in [0.29, 0.717) is 31.2 Å². The summed E-state index contributed by atoms with van der Waals surface area (Å²) in [6.45, 7) is 9.05. The van der Waals surface area contributed by atoms with Gasteiger partial charge >= 0.3 is 5.97 Å². The third kappa shape index (κ3) is 5.73. The standard InChI is InChI=1S/C26H31N3O4S/c1-5-18(6-2)32-22-12-19(33-23-9-8-16(4)14-27-23)10-17-11-21(29-25(17)22)26-28-15-20(34-26)13-24(30)31-7-3/h8-12,14,18,20,29H,5-7,13,15H2,1-4H3. The van der Waals surface area contributed by atoms with Crippen LogP contribution in [0, 0.1) is 6.92 Å². The van der Waals surface area contributed by atoms with E-state index in [2.05, 4.69) is 34.9 Å². The summed E-state index contributed by atoms with van der Waals surface area (Å²) in [5.41, 5.74) is 2.89. The first-order valence-electron chi connectivity index (χ1n) is 11.8. The molecular formula is C26H31N3O4S. The van der Waals surface area contributed by atoms with Gasteiger partial charge in [0.2, 0.25) is 5.88 Å². The number of carbonyl (C=O) groups excluding carboxylic acids is 1. The van der Waals surface area contributed by atoms with Crippen molar-refractivity contribution in [3.8, 4) is 17.4 Å². The monoisotopic (exact) mass is 481 g/mol. The summed E-state index contributed by atoms with van der Waals surface area (Å²) in [6.07, 6.45) is 4.07. The molecule has 0 radical (unpaired) electrons. The van der Waals surface area contributed by atoms with Crippen LogP contribution in [0.3, 0.4) is 0 Å². The van der Waals surface area contributed by atoms with Crippen molar-refractivity contribution in [3.05, 3.63) is 47.8 Å². The number of hydrogen-bond donors (Lipinski definition) is 1. The number of nitrogens with zero attached hydrogens (tertiary/aromatic N) is 2. The van der Waals surface area contributed by atoms with Crippen LogP contribution in [0.4, 0.5) is 0 Å². The molecule has 1 atom stereocenters. The van der Waals surface area contributed by atoms with Gasteiger partial charge in [0.25, 0.3) is 0 Å². The molecule has 0 saturated heterocycles. The third-order valence-corrected chi connectivity index (χ3v) is 6.84. The smallest absolute Gasteiger partial charge is 0.306 e. The molecule has 0 spiro atoms. The van der Waals surface area contributed by atoms with Gasteiger partial charge in [-0.05, 0) is 44.4 Å². The van der Waals surface area contributed by atoms with Crippen molar-refractivity contribution in [3.63, 3.8) is 0 Å². The molecule has 1 aromatic carbocycles. The number of aromatic amines is 1. The van der Waals surface area contributed by atoms with E-state index in [1.807, 2.05) is 38.1 Å². The number of aromatic nitrogens is 2. The first-order chi connectivity index (χ1) is 16.5. The highest BCUT2D eigenvalue weighted by Crippen LogP contribution is 2.36. The van der Waals surface area contributed by atoms with Gasteiger partial charge in [0, 0.05) is 29.0 Å². The van der Waals surface area contributed by atoms with Gasteiger partial charge in [0.05, 0.1) is 36.9 Å². The molecule has 180 valence electrons. The van der Waals surface area contributed by atoms with E-state index in [1.54, 1.807) is 18.0 Å². The Bertz CT molecular complexity index is 1170. The van der Waals surface area contributed by atoms with E-state index in [4.69, 9.17) is 14.2 Å². The first kappa shape index (κ1) is 24.1. The molecule has 34 heavy (non-hydrogen) atoms. The summed E-state index contributed by atoms with van der Waals surface area (Å²) in [7, 11) is 0. The summed E-state index contributed by atoms with van der Waals surface area (Å²) < 4.78 is 17.5. The predicted molar refractivity (Wildman–Crippen MR) is 136 cm³/mol. The van der Waals surface area contributed by atoms with Crippen LogP contribution in [0.15, 0.2) is 41.5 Å². The lowest BCUT2D eigenvalue weighted by Crippen LogP contribution is -2.14. The molecule has 2 aromatic heterocycles. The highest BCUT2D eigenvalue weighted by Gasteiger charge is 2.25. The number of aryl methyl sites for hydroxylation is 1. The number of hydrogen-bond acceptors (Lipinski definition) is 7. The van der Waals surface area contributed by atoms with Crippen LogP contribution in [-0.4, -0.2) is 45.5 Å². The van der Waals surface area contributed by atoms with Gasteiger partial charge in [-0.3, -0.25) is 9.79 Å². The normalized spacial score (nSPS) is 15.6. The molecule has 3 aromatic rings. The molecule has 3 heterocycles. The van der Waals surface area contributed by atoms with Crippen molar-refractivity contribution in [1.82, 2.24) is 9.97 Å². The van der Waals surface area contributed by atoms with Crippen LogP contribution in [-0.2, 0) is 9.53 Å². The number of nitrogens with one attached hydrogen (secondary N) is 1. The molecule has 1 unspecified atom stereocenters. The Hall–Kier alpha value is -3.00. The van der Waals surface area contributed by atoms with Gasteiger partial charge in [-0.1, -0.05) is 31.7 Å². The third-order valence-electron chi connectivity index (χ3n) is 5.62. The maximum Gasteiger partial charge on any atom is 0.306 e. The maximum atomic E-state index is 11.9. The predicted octanol–water partition coefficient (Wildman–Crippen LogP) is 6.05. The summed E-state index contributed by atoms with van der Waals surface area (Å²) in [5, 5.41) is 1.95. The van der Waals surface area contributed by atoms with Crippen molar-refractivity contribution >= 4 is 33.7 Å². The lowest BCUT2D eigenvalue weighted by molar-refractivity contribution is -0.143. The quantitative estimate of drug-likeness (QED) is 0.355. The number of rotatable bonds is 10. The lowest BCUT2D eigenvalue weighted by atomic mass is 10.2. The molecule has 8 heteroatoms. The van der Waals surface area contributed by atoms with E-state index in [-0.39, 0.29) is 17.3 Å². The molecule has 1 N–H and O–H groups in total. The summed E-state index contributed by atoms with van der Waals surface area (Å²) in [5.74, 6) is 1.76. The minimum atomic E-state index is -0.180. The minimum absolute atomic E-state index is 0.0900. The zero-order valence-electron chi connectivity index (χ0n) is 20.1. The number of esters is 1. The highest BCUT2D eigenvalue weighted by atomic mass is 32.2. The number of thioether (sulfide) groups is 1. The number of pyridine rings is 1. The summed E-state index contributed by atoms with van der Waals surface area (Å²) in [6, 6.07) is 9.78. The average molecular weight is 482 g/mol. The molecule has 4 rings (SSSR count). The molecule has 1 aliphatic rings. The van der Waals surface area contributed by atoms with E-state index in [1.165, 1.54) is 0 Å².